The van der Waals surface area contributed by atoms with Gasteiger partial charge < -0.3 is 5.32 Å². The molecule has 0 radical (unpaired) electrons. The minimum absolute atomic E-state index is 0.271. The minimum Gasteiger partial charge on any atom is -0.322 e. The van der Waals surface area contributed by atoms with Crippen LogP contribution in [-0.2, 0) is 16.4 Å². The summed E-state index contributed by atoms with van der Waals surface area (Å²) in [6.07, 6.45) is 2.64. The van der Waals surface area contributed by atoms with Crippen LogP contribution in [0.3, 0.4) is 0 Å². The van der Waals surface area contributed by atoms with E-state index in [4.69, 9.17) is 11.6 Å². The number of aryl methyl sites for hydroxylation is 1. The van der Waals surface area contributed by atoms with Crippen molar-refractivity contribution in [3.8, 4) is 10.6 Å². The Balaban J connectivity index is 1.42. The SMILES string of the molecule is CS(=O)(=O)N1CCCc2cc(C(=O)Nc3ccc(Cl)c(-c4nc5ccccc5s4)c3)ccc21. The summed E-state index contributed by atoms with van der Waals surface area (Å²) in [6.45, 7) is 0.455. The zero-order chi connectivity index (χ0) is 23.2. The molecule has 1 aliphatic rings. The Kier molecular flexibility index (Phi) is 5.60. The second kappa shape index (κ2) is 8.44. The Morgan fingerprint density at radius 3 is 2.73 bits per heavy atom. The fourth-order valence-electron chi connectivity index (χ4n) is 4.01. The number of nitrogens with one attached hydrogen (secondary N) is 1. The number of carbonyl (C=O) groups excluding carboxylic acids is 1. The van der Waals surface area contributed by atoms with Gasteiger partial charge in [-0.3, -0.25) is 9.10 Å². The van der Waals surface area contributed by atoms with E-state index in [-0.39, 0.29) is 5.91 Å². The van der Waals surface area contributed by atoms with Crippen LogP contribution in [0.1, 0.15) is 22.3 Å². The Labute approximate surface area is 200 Å². The van der Waals surface area contributed by atoms with Crippen LogP contribution < -0.4 is 9.62 Å². The van der Waals surface area contributed by atoms with Crippen LogP contribution in [0.5, 0.6) is 0 Å². The fraction of sp³-hybridized carbons (Fsp3) is 0.167. The van der Waals surface area contributed by atoms with Crippen molar-refractivity contribution in [1.82, 2.24) is 4.98 Å². The summed E-state index contributed by atoms with van der Waals surface area (Å²) < 4.78 is 26.6. The number of hydrogen-bond acceptors (Lipinski definition) is 5. The lowest BCUT2D eigenvalue weighted by Gasteiger charge is -2.29. The number of carbonyl (C=O) groups is 1. The molecule has 3 aromatic carbocycles. The molecule has 0 aliphatic carbocycles. The standard InChI is InChI=1S/C24H20ClN3O3S2/c1-33(30,31)28-12-4-5-15-13-16(8-11-21(15)28)23(29)26-17-9-10-19(25)18(14-17)24-27-20-6-2-3-7-22(20)32-24/h2-3,6-11,13-14H,4-5,12H2,1H3,(H,26,29). The normalized spacial score (nSPS) is 13.7. The second-order valence-electron chi connectivity index (χ2n) is 7.92. The van der Waals surface area contributed by atoms with Crippen molar-refractivity contribution >= 4 is 60.5 Å². The van der Waals surface area contributed by atoms with Gasteiger partial charge in [-0.25, -0.2) is 13.4 Å². The van der Waals surface area contributed by atoms with Gasteiger partial charge in [0.2, 0.25) is 10.0 Å². The third-order valence-electron chi connectivity index (χ3n) is 5.57. The molecule has 1 amide bonds. The number of aromatic nitrogens is 1. The van der Waals surface area contributed by atoms with E-state index in [2.05, 4.69) is 10.3 Å². The van der Waals surface area contributed by atoms with Crippen molar-refractivity contribution in [3.05, 3.63) is 76.8 Å². The molecule has 0 fully saturated rings. The van der Waals surface area contributed by atoms with Gasteiger partial charge >= 0.3 is 0 Å². The molecule has 168 valence electrons. The van der Waals surface area contributed by atoms with Crippen molar-refractivity contribution in [3.63, 3.8) is 0 Å². The van der Waals surface area contributed by atoms with E-state index in [0.717, 1.165) is 32.8 Å². The number of para-hydroxylation sites is 1. The summed E-state index contributed by atoms with van der Waals surface area (Å²) >= 11 is 7.99. The molecule has 33 heavy (non-hydrogen) atoms. The summed E-state index contributed by atoms with van der Waals surface area (Å²) in [4.78, 5) is 17.6. The lowest BCUT2D eigenvalue weighted by atomic mass is 10.0. The van der Waals surface area contributed by atoms with Crippen molar-refractivity contribution < 1.29 is 13.2 Å². The smallest absolute Gasteiger partial charge is 0.255 e. The van der Waals surface area contributed by atoms with E-state index in [1.165, 1.54) is 10.6 Å². The Morgan fingerprint density at radius 2 is 1.94 bits per heavy atom. The van der Waals surface area contributed by atoms with Gasteiger partial charge in [0.15, 0.2) is 0 Å². The van der Waals surface area contributed by atoms with Gasteiger partial charge in [0.1, 0.15) is 5.01 Å². The molecule has 0 saturated carbocycles. The van der Waals surface area contributed by atoms with Crippen molar-refractivity contribution in [2.24, 2.45) is 0 Å². The first kappa shape index (κ1) is 21.9. The van der Waals surface area contributed by atoms with E-state index in [9.17, 15) is 13.2 Å². The van der Waals surface area contributed by atoms with E-state index in [1.807, 2.05) is 30.3 Å². The molecule has 1 aromatic heterocycles. The van der Waals surface area contributed by atoms with Crippen LogP contribution in [0, 0.1) is 0 Å². The Hall–Kier alpha value is -2.94. The molecule has 0 bridgehead atoms. The minimum atomic E-state index is -3.35. The molecular weight excluding hydrogens is 478 g/mol. The third kappa shape index (κ3) is 4.34. The summed E-state index contributed by atoms with van der Waals surface area (Å²) in [6, 6.07) is 18.3. The van der Waals surface area contributed by atoms with Gasteiger partial charge in [-0.05, 0) is 66.9 Å². The highest BCUT2D eigenvalue weighted by Gasteiger charge is 2.24. The van der Waals surface area contributed by atoms with Crippen LogP contribution in [0.15, 0.2) is 60.7 Å². The van der Waals surface area contributed by atoms with Gasteiger partial charge in [0.05, 0.1) is 27.2 Å². The third-order valence-corrected chi connectivity index (χ3v) is 8.15. The van der Waals surface area contributed by atoms with E-state index in [1.54, 1.807) is 41.7 Å². The van der Waals surface area contributed by atoms with Gasteiger partial charge in [-0.2, -0.15) is 0 Å². The summed E-state index contributed by atoms with van der Waals surface area (Å²) in [5.41, 5.74) is 4.23. The average molecular weight is 498 g/mol. The first-order valence-corrected chi connectivity index (χ1v) is 13.4. The van der Waals surface area contributed by atoms with Crippen LogP contribution in [0.25, 0.3) is 20.8 Å². The number of thiazole rings is 1. The predicted octanol–water partition coefficient (Wildman–Crippen LogP) is 5.58. The second-order valence-corrected chi connectivity index (χ2v) is 11.3. The van der Waals surface area contributed by atoms with Crippen molar-refractivity contribution in [2.75, 3.05) is 22.4 Å². The number of anilines is 2. The van der Waals surface area contributed by atoms with Crippen LogP contribution in [0.4, 0.5) is 11.4 Å². The molecule has 9 heteroatoms. The number of halogens is 1. The summed E-state index contributed by atoms with van der Waals surface area (Å²) in [5, 5.41) is 4.27. The Bertz CT molecular complexity index is 1470. The summed E-state index contributed by atoms with van der Waals surface area (Å²) in [7, 11) is -3.35. The molecule has 6 nitrogen and oxygen atoms in total. The zero-order valence-corrected chi connectivity index (χ0v) is 20.1. The lowest BCUT2D eigenvalue weighted by molar-refractivity contribution is 0.102. The quantitative estimate of drug-likeness (QED) is 0.399. The molecule has 0 saturated heterocycles. The molecule has 1 N–H and O–H groups in total. The number of hydrogen-bond donors (Lipinski definition) is 1. The van der Waals surface area contributed by atoms with Gasteiger partial charge in [-0.1, -0.05) is 23.7 Å². The average Bonchev–Trinajstić information content (AvgIpc) is 3.23. The van der Waals surface area contributed by atoms with Crippen molar-refractivity contribution in [1.29, 1.82) is 0 Å². The van der Waals surface area contributed by atoms with Crippen LogP contribution >= 0.6 is 22.9 Å². The molecule has 0 unspecified atom stereocenters. The molecule has 0 atom stereocenters. The highest BCUT2D eigenvalue weighted by molar-refractivity contribution is 7.92. The summed E-state index contributed by atoms with van der Waals surface area (Å²) in [5.74, 6) is -0.271. The molecular formula is C24H20ClN3O3S2. The molecule has 1 aliphatic heterocycles. The van der Waals surface area contributed by atoms with E-state index in [0.29, 0.717) is 34.9 Å². The number of sulfonamides is 1. The van der Waals surface area contributed by atoms with Crippen LogP contribution in [-0.4, -0.2) is 32.1 Å². The van der Waals surface area contributed by atoms with Gasteiger partial charge in [-0.15, -0.1) is 11.3 Å². The van der Waals surface area contributed by atoms with Crippen LogP contribution in [0.2, 0.25) is 5.02 Å². The van der Waals surface area contributed by atoms with E-state index < -0.39 is 10.0 Å². The number of fused-ring (bicyclic) bond motifs is 2. The van der Waals surface area contributed by atoms with Crippen molar-refractivity contribution in [2.45, 2.75) is 12.8 Å². The lowest BCUT2D eigenvalue weighted by Crippen LogP contribution is -2.34. The van der Waals surface area contributed by atoms with Gasteiger partial charge in [0, 0.05) is 23.4 Å². The molecule has 2 heterocycles. The number of rotatable bonds is 4. The first-order chi connectivity index (χ1) is 15.8. The largest absolute Gasteiger partial charge is 0.322 e. The number of nitrogens with zero attached hydrogens (tertiary/aromatic N) is 2. The Morgan fingerprint density at radius 1 is 1.12 bits per heavy atom. The first-order valence-electron chi connectivity index (χ1n) is 10.4. The molecule has 4 aromatic rings. The van der Waals surface area contributed by atoms with Gasteiger partial charge in [0.25, 0.3) is 5.91 Å². The maximum Gasteiger partial charge on any atom is 0.255 e. The molecule has 0 spiro atoms. The molecule has 5 rings (SSSR count). The monoisotopic (exact) mass is 497 g/mol. The maximum absolute atomic E-state index is 13.0. The number of benzene rings is 3. The topological polar surface area (TPSA) is 79.4 Å². The predicted molar refractivity (Wildman–Crippen MR) is 135 cm³/mol. The maximum atomic E-state index is 13.0. The van der Waals surface area contributed by atoms with E-state index >= 15 is 0 Å². The zero-order valence-electron chi connectivity index (χ0n) is 17.7. The fourth-order valence-corrected chi connectivity index (χ4v) is 6.26. The number of amides is 1. The highest BCUT2D eigenvalue weighted by atomic mass is 35.5. The highest BCUT2D eigenvalue weighted by Crippen LogP contribution is 2.36.